The van der Waals surface area contributed by atoms with E-state index in [9.17, 15) is 31.2 Å². The summed E-state index contributed by atoms with van der Waals surface area (Å²) in [6, 6.07) is 6.43. The van der Waals surface area contributed by atoms with Crippen LogP contribution in [0.1, 0.15) is 20.7 Å². The lowest BCUT2D eigenvalue weighted by Gasteiger charge is -2.42. The topological polar surface area (TPSA) is 133 Å². The monoisotopic (exact) mass is 566 g/mol. The van der Waals surface area contributed by atoms with E-state index in [2.05, 4.69) is 26.1 Å². The third-order valence-corrected chi connectivity index (χ3v) is 9.09. The van der Waals surface area contributed by atoms with Crippen molar-refractivity contribution in [1.82, 2.24) is 20.3 Å². The molecule has 208 valence electrons. The van der Waals surface area contributed by atoms with Crippen LogP contribution in [0.3, 0.4) is 0 Å². The van der Waals surface area contributed by atoms with Gasteiger partial charge in [0.25, 0.3) is 11.8 Å². The molecule has 2 amide bonds. The summed E-state index contributed by atoms with van der Waals surface area (Å²) in [4.78, 5) is 33.0. The summed E-state index contributed by atoms with van der Waals surface area (Å²) in [6.45, 7) is 0.392. The Balaban J connectivity index is 1.12. The molecule has 1 saturated carbocycles. The van der Waals surface area contributed by atoms with Crippen LogP contribution < -0.4 is 21.1 Å². The number of benzene rings is 1. The molecule has 0 radical (unpaired) electrons. The number of hydrogen-bond donors (Lipinski definition) is 3. The highest BCUT2D eigenvalue weighted by molar-refractivity contribution is 7.90. The molecule has 4 heterocycles. The molecule has 4 atom stereocenters. The smallest absolute Gasteiger partial charge is 0.422 e. The molecule has 2 aromatic rings. The van der Waals surface area contributed by atoms with Gasteiger partial charge in [0.1, 0.15) is 4.90 Å². The highest BCUT2D eigenvalue weighted by Crippen LogP contribution is 2.54. The van der Waals surface area contributed by atoms with Crippen LogP contribution in [0.4, 0.5) is 24.5 Å². The Kier molecular flexibility index (Phi) is 5.91. The van der Waals surface area contributed by atoms with Gasteiger partial charge in [-0.2, -0.15) is 13.2 Å². The predicted octanol–water partition coefficient (Wildman–Crippen LogP) is 1.77. The molecule has 0 spiro atoms. The van der Waals surface area contributed by atoms with Crippen molar-refractivity contribution in [3.05, 3.63) is 41.6 Å². The van der Waals surface area contributed by atoms with Gasteiger partial charge in [-0.15, -0.1) is 5.53 Å². The maximum Gasteiger partial charge on any atom is 0.422 e. The Labute approximate surface area is 221 Å². The fraction of sp³-hybridized carbons (Fsp3) is 0.458. The number of carbonyl (C=O) groups excluding carboxylic acids is 2. The van der Waals surface area contributed by atoms with Gasteiger partial charge < -0.3 is 25.4 Å². The number of nitrogens with one attached hydrogen (secondary N) is 3. The first kappa shape index (κ1) is 25.7. The van der Waals surface area contributed by atoms with Crippen LogP contribution in [0.2, 0.25) is 0 Å². The van der Waals surface area contributed by atoms with Gasteiger partial charge in [-0.3, -0.25) is 9.59 Å². The van der Waals surface area contributed by atoms with Gasteiger partial charge in [0.05, 0.1) is 16.9 Å². The molecule has 3 fully saturated rings. The molecule has 2 saturated heterocycles. The molecule has 2 unspecified atom stereocenters. The summed E-state index contributed by atoms with van der Waals surface area (Å²) in [7, 11) is -4.02. The number of sulfone groups is 1. The molecule has 39 heavy (non-hydrogen) atoms. The van der Waals surface area contributed by atoms with E-state index in [0.717, 1.165) is 29.9 Å². The molecule has 1 aliphatic carbocycles. The van der Waals surface area contributed by atoms with Crippen molar-refractivity contribution in [3.63, 3.8) is 0 Å². The number of carbonyl (C=O) groups is 2. The van der Waals surface area contributed by atoms with Crippen molar-refractivity contribution in [2.45, 2.75) is 11.1 Å². The van der Waals surface area contributed by atoms with E-state index in [1.807, 2.05) is 11.0 Å². The summed E-state index contributed by atoms with van der Waals surface area (Å²) >= 11 is 0. The first-order valence-electron chi connectivity index (χ1n) is 12.3. The largest absolute Gasteiger partial charge is 0.467 e. The van der Waals surface area contributed by atoms with E-state index in [4.69, 9.17) is 0 Å². The SMILES string of the molecule is CS(=O)(=O)c1cc(C(=O)N2CC3C(C2)[C@@H]2CN(C(=O)c4ccc5c(c4)NNN5)C[C@H]32)cnc1OCC(F)(F)F. The Hall–Kier alpha value is -3.59. The van der Waals surface area contributed by atoms with Crippen molar-refractivity contribution in [3.8, 4) is 5.88 Å². The van der Waals surface area contributed by atoms with E-state index in [-0.39, 0.29) is 35.1 Å². The zero-order chi connectivity index (χ0) is 27.7. The molecule has 0 bridgehead atoms. The third-order valence-electron chi connectivity index (χ3n) is 8.00. The maximum absolute atomic E-state index is 13.2. The lowest BCUT2D eigenvalue weighted by molar-refractivity contribution is -0.154. The highest BCUT2D eigenvalue weighted by atomic mass is 32.2. The van der Waals surface area contributed by atoms with Gasteiger partial charge in [-0.1, -0.05) is 0 Å². The molecule has 15 heteroatoms. The minimum atomic E-state index is -4.68. The molecule has 1 aromatic carbocycles. The number of ether oxygens (including phenoxy) is 1. The standard InChI is InChI=1S/C24H25F3N6O5S/c1-39(36,37)20-5-13(6-28-21(20)38-11-24(25,26)27)23(35)33-9-16-14-7-32(8-15(14)17(16)10-33)22(34)12-2-3-18-19(4-12)30-31-29-18/h2-6,14-17,29-31H,7-11H2,1H3/t14-,15+,16?,17?. The first-order chi connectivity index (χ1) is 18.4. The number of alkyl halides is 3. The number of nitrogens with zero attached hydrogens (tertiary/aromatic N) is 3. The number of hydrazine groups is 2. The molecule has 4 aliphatic rings. The summed E-state index contributed by atoms with van der Waals surface area (Å²) in [5, 5.41) is 0. The number of aromatic nitrogens is 1. The van der Waals surface area contributed by atoms with Crippen LogP contribution in [-0.4, -0.2) is 80.2 Å². The van der Waals surface area contributed by atoms with Crippen molar-refractivity contribution in [2.24, 2.45) is 23.7 Å². The van der Waals surface area contributed by atoms with E-state index >= 15 is 0 Å². The third kappa shape index (κ3) is 4.62. The average molecular weight is 567 g/mol. The van der Waals surface area contributed by atoms with Crippen molar-refractivity contribution >= 4 is 33.0 Å². The van der Waals surface area contributed by atoms with Gasteiger partial charge in [0, 0.05) is 44.2 Å². The molecule has 1 aromatic heterocycles. The fourth-order valence-electron chi connectivity index (χ4n) is 6.20. The highest BCUT2D eigenvalue weighted by Gasteiger charge is 2.59. The molecule has 3 N–H and O–H groups in total. The number of amides is 2. The number of fused-ring (bicyclic) bond motifs is 5. The van der Waals surface area contributed by atoms with Gasteiger partial charge in [0.2, 0.25) is 5.88 Å². The summed E-state index contributed by atoms with van der Waals surface area (Å²) in [6.07, 6.45) is -2.82. The second-order valence-corrected chi connectivity index (χ2v) is 12.4. The molecular formula is C24H25F3N6O5S. The second kappa shape index (κ2) is 8.98. The summed E-state index contributed by atoms with van der Waals surface area (Å²) < 4.78 is 66.7. The van der Waals surface area contributed by atoms with Crippen molar-refractivity contribution < 1.29 is 35.9 Å². The van der Waals surface area contributed by atoms with Gasteiger partial charge in [0.15, 0.2) is 16.4 Å². The molecule has 6 rings (SSSR count). The molecule has 3 aliphatic heterocycles. The van der Waals surface area contributed by atoms with E-state index in [0.29, 0.717) is 31.7 Å². The van der Waals surface area contributed by atoms with Gasteiger partial charge in [-0.05, 0) is 47.9 Å². The lowest BCUT2D eigenvalue weighted by atomic mass is 9.60. The Morgan fingerprint density at radius 3 is 2.08 bits per heavy atom. The zero-order valence-electron chi connectivity index (χ0n) is 20.7. The van der Waals surface area contributed by atoms with Crippen LogP contribution in [-0.2, 0) is 9.84 Å². The normalized spacial score (nSPS) is 25.2. The lowest BCUT2D eigenvalue weighted by Crippen LogP contribution is -2.44. The zero-order valence-corrected chi connectivity index (χ0v) is 21.5. The molecular weight excluding hydrogens is 541 g/mol. The second-order valence-electron chi connectivity index (χ2n) is 10.4. The number of likely N-dealkylation sites (tertiary alicyclic amines) is 2. The van der Waals surface area contributed by atoms with Crippen molar-refractivity contribution in [1.29, 1.82) is 0 Å². The van der Waals surface area contributed by atoms with Crippen LogP contribution in [0.15, 0.2) is 35.4 Å². The van der Waals surface area contributed by atoms with Crippen molar-refractivity contribution in [2.75, 3.05) is 49.9 Å². The number of rotatable bonds is 5. The minimum absolute atomic E-state index is 0.0350. The fourth-order valence-corrected chi connectivity index (χ4v) is 6.97. The maximum atomic E-state index is 13.2. The predicted molar refractivity (Wildman–Crippen MR) is 131 cm³/mol. The Bertz CT molecular complexity index is 1450. The Morgan fingerprint density at radius 1 is 0.949 bits per heavy atom. The van der Waals surface area contributed by atoms with Crippen LogP contribution in [0, 0.1) is 23.7 Å². The van der Waals surface area contributed by atoms with Gasteiger partial charge >= 0.3 is 6.18 Å². The first-order valence-corrected chi connectivity index (χ1v) is 14.2. The van der Waals surface area contributed by atoms with Crippen LogP contribution >= 0.6 is 0 Å². The summed E-state index contributed by atoms with van der Waals surface area (Å²) in [5.41, 5.74) is 10.9. The van der Waals surface area contributed by atoms with Gasteiger partial charge in [-0.25, -0.2) is 13.4 Å². The van der Waals surface area contributed by atoms with E-state index < -0.39 is 39.3 Å². The van der Waals surface area contributed by atoms with Crippen LogP contribution in [0.25, 0.3) is 0 Å². The summed E-state index contributed by atoms with van der Waals surface area (Å²) in [5.74, 6) is -0.237. The Morgan fingerprint density at radius 2 is 1.51 bits per heavy atom. The average Bonchev–Trinajstić information content (AvgIpc) is 3.59. The van der Waals surface area contributed by atoms with E-state index in [1.54, 1.807) is 17.0 Å². The molecule has 11 nitrogen and oxygen atoms in total. The quantitative estimate of drug-likeness (QED) is 0.495. The minimum Gasteiger partial charge on any atom is -0.467 e. The van der Waals surface area contributed by atoms with Crippen LogP contribution in [0.5, 0.6) is 5.88 Å². The van der Waals surface area contributed by atoms with E-state index in [1.165, 1.54) is 0 Å². The number of halogens is 3. The number of hydrogen-bond acceptors (Lipinski definition) is 9. The number of pyridine rings is 1. The number of anilines is 2.